The first-order valence-corrected chi connectivity index (χ1v) is 7.31. The molecular formula is C13H21N3O2S. The first-order valence-electron chi connectivity index (χ1n) is 6.50. The van der Waals surface area contributed by atoms with Crippen LogP contribution in [-0.4, -0.2) is 56.2 Å². The van der Waals surface area contributed by atoms with Crippen molar-refractivity contribution in [3.8, 4) is 0 Å². The molecule has 0 bridgehead atoms. The van der Waals surface area contributed by atoms with Gasteiger partial charge in [-0.25, -0.2) is 9.78 Å². The lowest BCUT2D eigenvalue weighted by Crippen LogP contribution is -2.41. The molecule has 0 amide bonds. The van der Waals surface area contributed by atoms with Gasteiger partial charge < -0.3 is 14.5 Å². The molecule has 0 spiro atoms. The zero-order chi connectivity index (χ0) is 14.0. The number of anilines is 1. The average molecular weight is 283 g/mol. The molecule has 0 N–H and O–H groups in total. The Morgan fingerprint density at radius 1 is 1.42 bits per heavy atom. The fourth-order valence-corrected chi connectivity index (χ4v) is 3.41. The Morgan fingerprint density at radius 2 is 2.05 bits per heavy atom. The topological polar surface area (TPSA) is 45.7 Å². The average Bonchev–Trinajstić information content (AvgIpc) is 2.80. The number of hydrogen-bond donors (Lipinski definition) is 0. The summed E-state index contributed by atoms with van der Waals surface area (Å²) in [6.45, 7) is 3.85. The Morgan fingerprint density at radius 3 is 2.58 bits per heavy atom. The summed E-state index contributed by atoms with van der Waals surface area (Å²) in [6, 6.07) is 0.650. The molecule has 0 aliphatic carbocycles. The molecule has 1 aromatic heterocycles. The largest absolute Gasteiger partial charge is 0.465 e. The van der Waals surface area contributed by atoms with Gasteiger partial charge in [0, 0.05) is 19.1 Å². The van der Waals surface area contributed by atoms with Crippen LogP contribution in [0, 0.1) is 6.92 Å². The second-order valence-electron chi connectivity index (χ2n) is 5.08. The third-order valence-corrected chi connectivity index (χ3v) is 4.82. The molecule has 0 atom stereocenters. The summed E-state index contributed by atoms with van der Waals surface area (Å²) in [5.41, 5.74) is 0.765. The molecule has 0 radical (unpaired) electrons. The van der Waals surface area contributed by atoms with Gasteiger partial charge in [0.05, 0.1) is 12.8 Å². The molecule has 0 aromatic carbocycles. The van der Waals surface area contributed by atoms with Gasteiger partial charge in [-0.15, -0.1) is 0 Å². The van der Waals surface area contributed by atoms with E-state index in [-0.39, 0.29) is 5.97 Å². The van der Waals surface area contributed by atoms with Crippen molar-refractivity contribution in [1.29, 1.82) is 0 Å². The van der Waals surface area contributed by atoms with Crippen molar-refractivity contribution < 1.29 is 9.53 Å². The van der Waals surface area contributed by atoms with Crippen molar-refractivity contribution in [3.05, 3.63) is 10.6 Å². The minimum atomic E-state index is -0.288. The molecule has 2 heterocycles. The molecule has 1 aromatic rings. The van der Waals surface area contributed by atoms with Gasteiger partial charge in [0.2, 0.25) is 0 Å². The Balaban J connectivity index is 2.06. The van der Waals surface area contributed by atoms with E-state index in [2.05, 4.69) is 28.9 Å². The second-order valence-corrected chi connectivity index (χ2v) is 6.06. The number of nitrogens with zero attached hydrogens (tertiary/aromatic N) is 3. The van der Waals surface area contributed by atoms with Crippen LogP contribution in [0.25, 0.3) is 0 Å². The lowest BCUT2D eigenvalue weighted by Gasteiger charge is -2.35. The van der Waals surface area contributed by atoms with Crippen molar-refractivity contribution in [3.63, 3.8) is 0 Å². The van der Waals surface area contributed by atoms with Crippen LogP contribution < -0.4 is 4.90 Å². The number of carbonyl (C=O) groups is 1. The van der Waals surface area contributed by atoms with E-state index in [9.17, 15) is 4.79 Å². The number of carbonyl (C=O) groups excluding carboxylic acids is 1. The van der Waals surface area contributed by atoms with Crippen molar-refractivity contribution in [2.75, 3.05) is 39.2 Å². The number of piperidine rings is 1. The van der Waals surface area contributed by atoms with Gasteiger partial charge in [-0.2, -0.15) is 0 Å². The maximum absolute atomic E-state index is 11.6. The molecule has 1 aliphatic heterocycles. The van der Waals surface area contributed by atoms with E-state index in [1.165, 1.54) is 18.4 Å². The summed E-state index contributed by atoms with van der Waals surface area (Å²) < 4.78 is 4.77. The second kappa shape index (κ2) is 5.88. The van der Waals surface area contributed by atoms with Gasteiger partial charge in [-0.1, -0.05) is 11.3 Å². The summed E-state index contributed by atoms with van der Waals surface area (Å²) in [6.07, 6.45) is 2.28. The Bertz CT molecular complexity index is 451. The van der Waals surface area contributed by atoms with E-state index in [0.29, 0.717) is 10.9 Å². The normalized spacial score (nSPS) is 17.0. The molecule has 1 fully saturated rings. The maximum Gasteiger partial charge on any atom is 0.350 e. The van der Waals surface area contributed by atoms with Crippen molar-refractivity contribution >= 4 is 22.4 Å². The molecule has 2 rings (SSSR count). The highest BCUT2D eigenvalue weighted by Gasteiger charge is 2.24. The molecule has 1 saturated heterocycles. The molecular weight excluding hydrogens is 262 g/mol. The van der Waals surface area contributed by atoms with Crippen LogP contribution in [-0.2, 0) is 4.74 Å². The first kappa shape index (κ1) is 14.3. The molecule has 0 saturated carbocycles. The number of aryl methyl sites for hydroxylation is 1. The minimum absolute atomic E-state index is 0.288. The molecule has 6 heteroatoms. The lowest BCUT2D eigenvalue weighted by molar-refractivity contribution is 0.0605. The summed E-state index contributed by atoms with van der Waals surface area (Å²) >= 11 is 1.44. The van der Waals surface area contributed by atoms with Crippen molar-refractivity contribution in [2.45, 2.75) is 25.8 Å². The highest BCUT2D eigenvalue weighted by molar-refractivity contribution is 7.17. The third kappa shape index (κ3) is 3.06. The van der Waals surface area contributed by atoms with Crippen LogP contribution in [0.1, 0.15) is 28.2 Å². The lowest BCUT2D eigenvalue weighted by atomic mass is 10.0. The quantitative estimate of drug-likeness (QED) is 0.791. The van der Waals surface area contributed by atoms with Gasteiger partial charge in [-0.3, -0.25) is 0 Å². The zero-order valence-electron chi connectivity index (χ0n) is 12.0. The highest BCUT2D eigenvalue weighted by Crippen LogP contribution is 2.29. The summed E-state index contributed by atoms with van der Waals surface area (Å²) in [4.78, 5) is 21.3. The third-order valence-electron chi connectivity index (χ3n) is 3.62. The van der Waals surface area contributed by atoms with Crippen LogP contribution in [0.4, 0.5) is 5.13 Å². The predicted octanol–water partition coefficient (Wildman–Crippen LogP) is 1.77. The number of ether oxygens (including phenoxy) is 1. The van der Waals surface area contributed by atoms with E-state index in [1.54, 1.807) is 0 Å². The maximum atomic E-state index is 11.6. The molecule has 19 heavy (non-hydrogen) atoms. The minimum Gasteiger partial charge on any atom is -0.465 e. The Labute approximate surface area is 118 Å². The highest BCUT2D eigenvalue weighted by atomic mass is 32.1. The van der Waals surface area contributed by atoms with Crippen LogP contribution in [0.3, 0.4) is 0 Å². The summed E-state index contributed by atoms with van der Waals surface area (Å²) in [5, 5.41) is 0.940. The SMILES string of the molecule is COC(=O)c1sc(N2CCC(N(C)C)CC2)nc1C. The Hall–Kier alpha value is -1.14. The van der Waals surface area contributed by atoms with Crippen molar-refractivity contribution in [2.24, 2.45) is 0 Å². The van der Waals surface area contributed by atoms with E-state index in [4.69, 9.17) is 4.74 Å². The standard InChI is InChI=1S/C13H21N3O2S/c1-9-11(12(17)18-4)19-13(14-9)16-7-5-10(6-8-16)15(2)3/h10H,5-8H2,1-4H3. The molecule has 0 unspecified atom stereocenters. The number of thiazole rings is 1. The number of methoxy groups -OCH3 is 1. The van der Waals surface area contributed by atoms with Gasteiger partial charge in [0.1, 0.15) is 4.88 Å². The summed E-state index contributed by atoms with van der Waals surface area (Å²) in [7, 11) is 5.66. The van der Waals surface area contributed by atoms with Crippen LogP contribution in [0.5, 0.6) is 0 Å². The molecule has 106 valence electrons. The van der Waals surface area contributed by atoms with Gasteiger partial charge in [0.15, 0.2) is 5.13 Å². The fraction of sp³-hybridized carbons (Fsp3) is 0.692. The molecule has 1 aliphatic rings. The number of hydrogen-bond acceptors (Lipinski definition) is 6. The number of esters is 1. The van der Waals surface area contributed by atoms with Gasteiger partial charge >= 0.3 is 5.97 Å². The van der Waals surface area contributed by atoms with E-state index in [0.717, 1.165) is 36.8 Å². The van der Waals surface area contributed by atoms with Crippen LogP contribution >= 0.6 is 11.3 Å². The van der Waals surface area contributed by atoms with Crippen molar-refractivity contribution in [1.82, 2.24) is 9.88 Å². The smallest absolute Gasteiger partial charge is 0.350 e. The van der Waals surface area contributed by atoms with Gasteiger partial charge in [-0.05, 0) is 33.9 Å². The summed E-state index contributed by atoms with van der Waals surface area (Å²) in [5.74, 6) is -0.288. The monoisotopic (exact) mass is 283 g/mol. The van der Waals surface area contributed by atoms with Crippen LogP contribution in [0.15, 0.2) is 0 Å². The number of aromatic nitrogens is 1. The van der Waals surface area contributed by atoms with E-state index in [1.807, 2.05) is 6.92 Å². The fourth-order valence-electron chi connectivity index (χ4n) is 2.37. The first-order chi connectivity index (χ1) is 9.02. The zero-order valence-corrected chi connectivity index (χ0v) is 12.8. The molecule has 5 nitrogen and oxygen atoms in total. The Kier molecular flexibility index (Phi) is 4.42. The van der Waals surface area contributed by atoms with E-state index >= 15 is 0 Å². The van der Waals surface area contributed by atoms with Crippen LogP contribution in [0.2, 0.25) is 0 Å². The number of rotatable bonds is 3. The van der Waals surface area contributed by atoms with Gasteiger partial charge in [0.25, 0.3) is 0 Å². The predicted molar refractivity (Wildman–Crippen MR) is 77.1 cm³/mol. The van der Waals surface area contributed by atoms with E-state index < -0.39 is 0 Å².